The lowest BCUT2D eigenvalue weighted by atomic mass is 10.0. The smallest absolute Gasteiger partial charge is 0.402 e. The molecule has 3 aliphatic heterocycles. The van der Waals surface area contributed by atoms with E-state index in [-0.39, 0.29) is 24.3 Å². The standard InChI is InChI=1S/C24H20F3N7O3S/c25-24(26,27)22-30-17(21(38-22)34-10-11-36-12-34)20-32-33-23(37-20)31-18-19(35)28-15-9-5-4-8-14(15)16(29-18)13-6-2-1-3-7-13/h1-9,18,22,30H,10-12H2,(H,28,35)(H,31,33)/t18-,22?/m1/s1. The minimum absolute atomic E-state index is 0.0505. The van der Waals surface area contributed by atoms with Crippen molar-refractivity contribution in [3.63, 3.8) is 0 Å². The van der Waals surface area contributed by atoms with Crippen LogP contribution in [0.3, 0.4) is 0 Å². The quantitative estimate of drug-likeness (QED) is 0.445. The second-order valence-electron chi connectivity index (χ2n) is 8.50. The van der Waals surface area contributed by atoms with Crippen molar-refractivity contribution in [3.8, 4) is 0 Å². The number of hydrogen-bond donors (Lipinski definition) is 3. The number of halogens is 3. The van der Waals surface area contributed by atoms with Crippen molar-refractivity contribution in [2.45, 2.75) is 17.7 Å². The van der Waals surface area contributed by atoms with Crippen LogP contribution in [0.25, 0.3) is 5.70 Å². The molecule has 196 valence electrons. The fourth-order valence-corrected chi connectivity index (χ4v) is 5.27. The van der Waals surface area contributed by atoms with Crippen molar-refractivity contribution >= 4 is 40.8 Å². The van der Waals surface area contributed by atoms with Gasteiger partial charge in [0.05, 0.1) is 18.0 Å². The van der Waals surface area contributed by atoms with E-state index in [1.54, 1.807) is 17.0 Å². The maximum absolute atomic E-state index is 13.5. The Morgan fingerprint density at radius 1 is 1.08 bits per heavy atom. The highest BCUT2D eigenvalue weighted by molar-refractivity contribution is 8.04. The van der Waals surface area contributed by atoms with E-state index in [1.807, 2.05) is 42.5 Å². The first-order valence-corrected chi connectivity index (χ1v) is 12.5. The van der Waals surface area contributed by atoms with Crippen molar-refractivity contribution in [1.29, 1.82) is 0 Å². The van der Waals surface area contributed by atoms with Gasteiger partial charge in [0.1, 0.15) is 17.5 Å². The maximum Gasteiger partial charge on any atom is 0.418 e. The second kappa shape index (κ2) is 9.68. The molecule has 10 nitrogen and oxygen atoms in total. The first-order chi connectivity index (χ1) is 18.4. The lowest BCUT2D eigenvalue weighted by Gasteiger charge is -2.18. The molecule has 4 heterocycles. The number of benzene rings is 2. The van der Waals surface area contributed by atoms with Crippen LogP contribution in [0.1, 0.15) is 17.0 Å². The molecule has 14 heteroatoms. The van der Waals surface area contributed by atoms with Gasteiger partial charge in [-0.25, -0.2) is 4.99 Å². The number of anilines is 2. The van der Waals surface area contributed by atoms with Gasteiger partial charge >= 0.3 is 12.2 Å². The number of hydrogen-bond acceptors (Lipinski definition) is 10. The Morgan fingerprint density at radius 3 is 2.63 bits per heavy atom. The number of fused-ring (bicyclic) bond motifs is 1. The zero-order valence-electron chi connectivity index (χ0n) is 19.5. The maximum atomic E-state index is 13.5. The Balaban J connectivity index is 1.31. The molecule has 1 aromatic heterocycles. The Hall–Kier alpha value is -4.04. The van der Waals surface area contributed by atoms with Gasteiger partial charge in [0, 0.05) is 17.7 Å². The average Bonchev–Trinajstić information content (AvgIpc) is 3.66. The molecular formula is C24H20F3N7O3S. The molecule has 2 aromatic carbocycles. The summed E-state index contributed by atoms with van der Waals surface area (Å²) in [7, 11) is 0. The molecule has 1 fully saturated rings. The fraction of sp³-hybridized carbons (Fsp3) is 0.250. The summed E-state index contributed by atoms with van der Waals surface area (Å²) >= 11 is 0.612. The monoisotopic (exact) mass is 543 g/mol. The van der Waals surface area contributed by atoms with E-state index >= 15 is 0 Å². The lowest BCUT2D eigenvalue weighted by molar-refractivity contribution is -0.131. The van der Waals surface area contributed by atoms with Gasteiger partial charge in [0.25, 0.3) is 11.8 Å². The molecule has 6 rings (SSSR count). The number of aromatic nitrogens is 2. The Labute approximate surface area is 218 Å². The molecule has 3 aromatic rings. The van der Waals surface area contributed by atoms with Crippen LogP contribution in [0.4, 0.5) is 24.9 Å². The number of rotatable bonds is 5. The number of thioether (sulfide) groups is 1. The minimum atomic E-state index is -4.50. The third-order valence-corrected chi connectivity index (χ3v) is 7.26. The first-order valence-electron chi connectivity index (χ1n) is 11.6. The topological polar surface area (TPSA) is 117 Å². The van der Waals surface area contributed by atoms with E-state index in [9.17, 15) is 18.0 Å². The summed E-state index contributed by atoms with van der Waals surface area (Å²) in [6, 6.07) is 16.5. The molecule has 3 aliphatic rings. The molecule has 1 saturated heterocycles. The molecule has 0 bridgehead atoms. The van der Waals surface area contributed by atoms with Gasteiger partial charge in [-0.3, -0.25) is 4.79 Å². The van der Waals surface area contributed by atoms with Gasteiger partial charge in [0.2, 0.25) is 6.17 Å². The number of nitrogens with zero attached hydrogens (tertiary/aromatic N) is 4. The molecule has 0 saturated carbocycles. The van der Waals surface area contributed by atoms with E-state index in [0.717, 1.165) is 11.1 Å². The number of carbonyl (C=O) groups excluding carboxylic acids is 1. The zero-order valence-corrected chi connectivity index (χ0v) is 20.3. The molecule has 38 heavy (non-hydrogen) atoms. The summed E-state index contributed by atoms with van der Waals surface area (Å²) in [5, 5.41) is 14.4. The molecule has 0 spiro atoms. The highest BCUT2D eigenvalue weighted by Crippen LogP contribution is 2.44. The third kappa shape index (κ3) is 4.67. The summed E-state index contributed by atoms with van der Waals surface area (Å²) in [4.78, 5) is 19.4. The number of aliphatic imine (C=N–C) groups is 1. The average molecular weight is 544 g/mol. The Morgan fingerprint density at radius 2 is 1.87 bits per heavy atom. The van der Waals surface area contributed by atoms with E-state index in [2.05, 4.69) is 31.1 Å². The van der Waals surface area contributed by atoms with E-state index in [4.69, 9.17) is 9.15 Å². The van der Waals surface area contributed by atoms with E-state index in [1.165, 1.54) is 0 Å². The SMILES string of the molecule is O=C1Nc2ccccc2C(c2ccccc2)=N[C@@H]1Nc1nnc(C2=C(N3CCOC3)SC(C(F)(F)F)N2)o1. The van der Waals surface area contributed by atoms with Crippen molar-refractivity contribution in [3.05, 3.63) is 76.6 Å². The van der Waals surface area contributed by atoms with Crippen LogP contribution in [0.2, 0.25) is 0 Å². The normalized spacial score (nSPS) is 21.5. The van der Waals surface area contributed by atoms with Gasteiger partial charge in [-0.1, -0.05) is 65.4 Å². The van der Waals surface area contributed by atoms with Crippen molar-refractivity contribution in [1.82, 2.24) is 20.4 Å². The molecule has 0 radical (unpaired) electrons. The number of para-hydroxylation sites is 1. The second-order valence-corrected chi connectivity index (χ2v) is 9.60. The van der Waals surface area contributed by atoms with E-state index in [0.29, 0.717) is 41.3 Å². The van der Waals surface area contributed by atoms with Crippen LogP contribution < -0.4 is 16.0 Å². The number of alkyl halides is 3. The highest BCUT2D eigenvalue weighted by Gasteiger charge is 2.47. The summed E-state index contributed by atoms with van der Waals surface area (Å²) in [6.45, 7) is 0.972. The summed E-state index contributed by atoms with van der Waals surface area (Å²) in [5.74, 6) is -0.623. The van der Waals surface area contributed by atoms with Crippen molar-refractivity contribution < 1.29 is 27.1 Å². The molecular weight excluding hydrogens is 523 g/mol. The van der Waals surface area contributed by atoms with Crippen LogP contribution in [0.5, 0.6) is 0 Å². The summed E-state index contributed by atoms with van der Waals surface area (Å²) in [5.41, 5.74) is 2.73. The van der Waals surface area contributed by atoms with Gasteiger partial charge in [-0.2, -0.15) is 13.2 Å². The number of nitrogens with one attached hydrogen (secondary N) is 3. The number of amides is 1. The third-order valence-electron chi connectivity index (χ3n) is 5.95. The zero-order chi connectivity index (χ0) is 26.3. The molecule has 2 atom stereocenters. The predicted molar refractivity (Wildman–Crippen MR) is 134 cm³/mol. The summed E-state index contributed by atoms with van der Waals surface area (Å²) < 4.78 is 51.5. The number of carbonyl (C=O) groups is 1. The largest absolute Gasteiger partial charge is 0.418 e. The van der Waals surface area contributed by atoms with Gasteiger partial charge in [-0.05, 0) is 6.07 Å². The Bertz CT molecular complexity index is 1420. The van der Waals surface area contributed by atoms with Crippen LogP contribution in [0, 0.1) is 0 Å². The Kier molecular flexibility index (Phi) is 6.19. The van der Waals surface area contributed by atoms with Crippen LogP contribution in [0.15, 0.2) is 69.0 Å². The molecule has 3 N–H and O–H groups in total. The molecule has 0 aliphatic carbocycles. The molecule has 1 amide bonds. The van der Waals surface area contributed by atoms with Crippen LogP contribution >= 0.6 is 11.8 Å². The van der Waals surface area contributed by atoms with Crippen molar-refractivity contribution in [2.24, 2.45) is 4.99 Å². The number of ether oxygens (including phenoxy) is 1. The van der Waals surface area contributed by atoms with Gasteiger partial charge < -0.3 is 30.0 Å². The van der Waals surface area contributed by atoms with Crippen LogP contribution in [-0.4, -0.2) is 64.3 Å². The van der Waals surface area contributed by atoms with E-state index < -0.39 is 23.6 Å². The first kappa shape index (κ1) is 24.3. The predicted octanol–water partition coefficient (Wildman–Crippen LogP) is 3.44. The van der Waals surface area contributed by atoms with Gasteiger partial charge in [0.15, 0.2) is 5.37 Å². The van der Waals surface area contributed by atoms with Gasteiger partial charge in [-0.15, -0.1) is 5.10 Å². The minimum Gasteiger partial charge on any atom is -0.402 e. The highest BCUT2D eigenvalue weighted by atomic mass is 32.2. The molecule has 1 unspecified atom stereocenters. The summed E-state index contributed by atoms with van der Waals surface area (Å²) in [6.07, 6.45) is -5.66. The number of benzodiazepines with no additional fused rings is 1. The lowest BCUT2D eigenvalue weighted by Crippen LogP contribution is -2.35. The van der Waals surface area contributed by atoms with Crippen molar-refractivity contribution in [2.75, 3.05) is 30.5 Å². The van der Waals surface area contributed by atoms with Crippen LogP contribution in [-0.2, 0) is 9.53 Å². The fourth-order valence-electron chi connectivity index (χ4n) is 4.18.